The summed E-state index contributed by atoms with van der Waals surface area (Å²) in [5, 5.41) is 0. The Morgan fingerprint density at radius 1 is 1.44 bits per heavy atom. The van der Waals surface area contributed by atoms with E-state index in [1.54, 1.807) is 6.08 Å². The van der Waals surface area contributed by atoms with Crippen LogP contribution >= 0.6 is 15.9 Å². The molecule has 1 rings (SSSR count). The van der Waals surface area contributed by atoms with E-state index in [-0.39, 0.29) is 0 Å². The number of benzene rings is 1. The smallest absolute Gasteiger partial charge is 0.175 e. The lowest BCUT2D eigenvalue weighted by atomic mass is 10.2. The Kier molecular flexibility index (Phi) is 5.35. The van der Waals surface area contributed by atoms with Gasteiger partial charge in [-0.05, 0) is 40.5 Å². The first kappa shape index (κ1) is 13.1. The third kappa shape index (κ3) is 3.25. The van der Waals surface area contributed by atoms with Gasteiger partial charge >= 0.3 is 0 Å². The highest BCUT2D eigenvalue weighted by molar-refractivity contribution is 9.10. The molecule has 0 unspecified atom stereocenters. The highest BCUT2D eigenvalue weighted by atomic mass is 79.9. The van der Waals surface area contributed by atoms with Gasteiger partial charge in [0.1, 0.15) is 6.61 Å². The molecule has 1 aromatic carbocycles. The van der Waals surface area contributed by atoms with Crippen LogP contribution < -0.4 is 15.2 Å². The Bertz CT molecular complexity index is 366. The van der Waals surface area contributed by atoms with Gasteiger partial charge in [-0.1, -0.05) is 12.7 Å². The topological polar surface area (TPSA) is 44.5 Å². The van der Waals surface area contributed by atoms with Crippen molar-refractivity contribution in [2.75, 3.05) is 13.2 Å². The van der Waals surface area contributed by atoms with Crippen molar-refractivity contribution in [3.8, 4) is 11.5 Å². The molecule has 0 aliphatic rings. The summed E-state index contributed by atoms with van der Waals surface area (Å²) in [7, 11) is 0. The first-order chi connectivity index (χ1) is 7.72. The van der Waals surface area contributed by atoms with Gasteiger partial charge in [0, 0.05) is 6.54 Å². The summed E-state index contributed by atoms with van der Waals surface area (Å²) in [4.78, 5) is 0. The van der Waals surface area contributed by atoms with E-state index in [1.165, 1.54) is 0 Å². The van der Waals surface area contributed by atoms with Gasteiger partial charge in [0.05, 0.1) is 11.1 Å². The second-order valence-electron chi connectivity index (χ2n) is 3.14. The second kappa shape index (κ2) is 6.55. The molecule has 0 atom stereocenters. The third-order valence-corrected chi connectivity index (χ3v) is 2.54. The summed E-state index contributed by atoms with van der Waals surface area (Å²) in [6, 6.07) is 3.83. The zero-order valence-electron chi connectivity index (χ0n) is 9.33. The molecular weight excluding hydrogens is 270 g/mol. The molecule has 0 heterocycles. The highest BCUT2D eigenvalue weighted by Crippen LogP contribution is 2.36. The standard InChI is InChI=1S/C12H16BrNO2/c1-3-5-16-12-10(13)6-9(8-14)7-11(12)15-4-2/h3,6-7H,1,4-5,8,14H2,2H3. The Morgan fingerprint density at radius 3 is 2.75 bits per heavy atom. The Morgan fingerprint density at radius 2 is 2.19 bits per heavy atom. The first-order valence-corrected chi connectivity index (χ1v) is 5.91. The zero-order chi connectivity index (χ0) is 12.0. The number of hydrogen-bond acceptors (Lipinski definition) is 3. The Labute approximate surface area is 104 Å². The van der Waals surface area contributed by atoms with E-state index in [9.17, 15) is 0 Å². The van der Waals surface area contributed by atoms with E-state index in [2.05, 4.69) is 22.5 Å². The number of halogens is 1. The maximum atomic E-state index is 5.60. The number of ether oxygens (including phenoxy) is 2. The molecule has 0 aliphatic carbocycles. The van der Waals surface area contributed by atoms with E-state index < -0.39 is 0 Å². The van der Waals surface area contributed by atoms with Crippen LogP contribution in [0.2, 0.25) is 0 Å². The van der Waals surface area contributed by atoms with Crippen molar-refractivity contribution in [1.82, 2.24) is 0 Å². The van der Waals surface area contributed by atoms with Crippen molar-refractivity contribution in [2.45, 2.75) is 13.5 Å². The summed E-state index contributed by atoms with van der Waals surface area (Å²) >= 11 is 3.44. The molecule has 2 N–H and O–H groups in total. The van der Waals surface area contributed by atoms with Crippen molar-refractivity contribution >= 4 is 15.9 Å². The molecule has 4 heteroatoms. The predicted molar refractivity (Wildman–Crippen MR) is 68.9 cm³/mol. The average molecular weight is 286 g/mol. The van der Waals surface area contributed by atoms with Crippen LogP contribution in [0.4, 0.5) is 0 Å². The highest BCUT2D eigenvalue weighted by Gasteiger charge is 2.11. The number of rotatable bonds is 6. The fraction of sp³-hybridized carbons (Fsp3) is 0.333. The van der Waals surface area contributed by atoms with Crippen LogP contribution in [0.1, 0.15) is 12.5 Å². The van der Waals surface area contributed by atoms with Crippen LogP contribution in [0, 0.1) is 0 Å². The molecule has 1 aromatic rings. The minimum atomic E-state index is 0.445. The third-order valence-electron chi connectivity index (χ3n) is 1.95. The largest absolute Gasteiger partial charge is 0.490 e. The molecule has 88 valence electrons. The predicted octanol–water partition coefficient (Wildman–Crippen LogP) is 2.87. The van der Waals surface area contributed by atoms with E-state index in [4.69, 9.17) is 15.2 Å². The molecule has 0 aromatic heterocycles. The van der Waals surface area contributed by atoms with Gasteiger partial charge in [-0.25, -0.2) is 0 Å². The van der Waals surface area contributed by atoms with Gasteiger partial charge in [-0.3, -0.25) is 0 Å². The van der Waals surface area contributed by atoms with Gasteiger partial charge < -0.3 is 15.2 Å². The lowest BCUT2D eigenvalue weighted by Gasteiger charge is -2.14. The maximum Gasteiger partial charge on any atom is 0.175 e. The fourth-order valence-corrected chi connectivity index (χ4v) is 1.89. The SMILES string of the molecule is C=CCOc1c(Br)cc(CN)cc1OCC. The van der Waals surface area contributed by atoms with E-state index in [1.807, 2.05) is 19.1 Å². The molecule has 0 radical (unpaired) electrons. The van der Waals surface area contributed by atoms with Crippen LogP contribution in [0.5, 0.6) is 11.5 Å². The van der Waals surface area contributed by atoms with Crippen molar-refractivity contribution < 1.29 is 9.47 Å². The Balaban J connectivity index is 3.05. The summed E-state index contributed by atoms with van der Waals surface area (Å²) < 4.78 is 11.9. The minimum Gasteiger partial charge on any atom is -0.490 e. The Hall–Kier alpha value is -1.00. The molecule has 0 aliphatic heterocycles. The molecule has 0 bridgehead atoms. The molecule has 16 heavy (non-hydrogen) atoms. The summed E-state index contributed by atoms with van der Waals surface area (Å²) in [5.41, 5.74) is 6.60. The first-order valence-electron chi connectivity index (χ1n) is 5.11. The minimum absolute atomic E-state index is 0.445. The monoisotopic (exact) mass is 285 g/mol. The molecule has 0 spiro atoms. The summed E-state index contributed by atoms with van der Waals surface area (Å²) in [6.45, 7) is 7.05. The van der Waals surface area contributed by atoms with Gasteiger partial charge in [0.2, 0.25) is 0 Å². The van der Waals surface area contributed by atoms with Gasteiger partial charge in [-0.15, -0.1) is 0 Å². The van der Waals surface area contributed by atoms with Crippen LogP contribution in [0.15, 0.2) is 29.3 Å². The zero-order valence-corrected chi connectivity index (χ0v) is 10.9. The molecule has 0 amide bonds. The van der Waals surface area contributed by atoms with Gasteiger partial charge in [-0.2, -0.15) is 0 Å². The summed E-state index contributed by atoms with van der Waals surface area (Å²) in [5.74, 6) is 1.40. The quantitative estimate of drug-likeness (QED) is 0.818. The van der Waals surface area contributed by atoms with Crippen LogP contribution in [-0.2, 0) is 6.54 Å². The maximum absolute atomic E-state index is 5.60. The van der Waals surface area contributed by atoms with Crippen molar-refractivity contribution in [3.05, 3.63) is 34.8 Å². The molecule has 0 saturated carbocycles. The van der Waals surface area contributed by atoms with E-state index in [0.29, 0.717) is 31.3 Å². The number of nitrogens with two attached hydrogens (primary N) is 1. The normalized spacial score (nSPS) is 9.94. The van der Waals surface area contributed by atoms with Crippen LogP contribution in [0.25, 0.3) is 0 Å². The number of hydrogen-bond donors (Lipinski definition) is 1. The molecule has 0 saturated heterocycles. The molecule has 0 fully saturated rings. The lowest BCUT2D eigenvalue weighted by Crippen LogP contribution is -2.03. The van der Waals surface area contributed by atoms with Crippen molar-refractivity contribution in [3.63, 3.8) is 0 Å². The second-order valence-corrected chi connectivity index (χ2v) is 4.00. The van der Waals surface area contributed by atoms with Crippen molar-refractivity contribution in [1.29, 1.82) is 0 Å². The molecule has 3 nitrogen and oxygen atoms in total. The van der Waals surface area contributed by atoms with E-state index in [0.717, 1.165) is 10.0 Å². The molecular formula is C12H16BrNO2. The van der Waals surface area contributed by atoms with Crippen LogP contribution in [0.3, 0.4) is 0 Å². The van der Waals surface area contributed by atoms with Crippen LogP contribution in [-0.4, -0.2) is 13.2 Å². The summed E-state index contributed by atoms with van der Waals surface area (Å²) in [6.07, 6.45) is 1.69. The average Bonchev–Trinajstić information content (AvgIpc) is 2.28. The fourth-order valence-electron chi connectivity index (χ4n) is 1.28. The van der Waals surface area contributed by atoms with Gasteiger partial charge in [0.15, 0.2) is 11.5 Å². The lowest BCUT2D eigenvalue weighted by molar-refractivity contribution is 0.295. The van der Waals surface area contributed by atoms with Crippen molar-refractivity contribution in [2.24, 2.45) is 5.73 Å². The van der Waals surface area contributed by atoms with Gasteiger partial charge in [0.25, 0.3) is 0 Å². The van der Waals surface area contributed by atoms with E-state index >= 15 is 0 Å².